The molecular weight excluding hydrogens is 364 g/mol. The number of carbonyl (C=O) groups is 1. The first-order valence-corrected chi connectivity index (χ1v) is 10.4. The maximum Gasteiger partial charge on any atom is 0.306 e. The van der Waals surface area contributed by atoms with Gasteiger partial charge >= 0.3 is 5.97 Å². The van der Waals surface area contributed by atoms with Crippen molar-refractivity contribution in [3.05, 3.63) is 71.8 Å². The maximum absolute atomic E-state index is 11.9. The number of hydrogen-bond donors (Lipinski definition) is 0. The second-order valence-corrected chi connectivity index (χ2v) is 6.99. The van der Waals surface area contributed by atoms with Gasteiger partial charge in [-0.05, 0) is 44.2 Å². The summed E-state index contributed by atoms with van der Waals surface area (Å²) in [6.45, 7) is 5.52. The molecule has 2 rings (SSSR count). The van der Waals surface area contributed by atoms with Crippen molar-refractivity contribution in [3.63, 3.8) is 0 Å². The van der Waals surface area contributed by atoms with Crippen LogP contribution in [0.1, 0.15) is 61.9 Å². The zero-order valence-electron chi connectivity index (χ0n) is 17.5. The van der Waals surface area contributed by atoms with Crippen LogP contribution in [-0.4, -0.2) is 29.2 Å². The molecule has 1 aromatic heterocycles. The smallest absolute Gasteiger partial charge is 0.306 e. The van der Waals surface area contributed by atoms with E-state index in [0.29, 0.717) is 19.6 Å². The molecule has 2 aromatic rings. The van der Waals surface area contributed by atoms with Crippen molar-refractivity contribution < 1.29 is 14.3 Å². The van der Waals surface area contributed by atoms with E-state index in [-0.39, 0.29) is 11.9 Å². The molecule has 5 nitrogen and oxygen atoms in total. The van der Waals surface area contributed by atoms with Gasteiger partial charge in [0.25, 0.3) is 0 Å². The normalized spacial score (nSPS) is 12.2. The number of aryl methyl sites for hydroxylation is 1. The van der Waals surface area contributed by atoms with Gasteiger partial charge in [0.15, 0.2) is 0 Å². The summed E-state index contributed by atoms with van der Waals surface area (Å²) in [5.41, 5.74) is 2.15. The third-order valence-electron chi connectivity index (χ3n) is 4.56. The van der Waals surface area contributed by atoms with Crippen molar-refractivity contribution in [2.45, 2.75) is 58.5 Å². The van der Waals surface area contributed by atoms with Crippen molar-refractivity contribution >= 4 is 5.97 Å². The number of aromatic nitrogens is 2. The zero-order valence-corrected chi connectivity index (χ0v) is 17.5. The van der Waals surface area contributed by atoms with Crippen LogP contribution in [0.4, 0.5) is 0 Å². The van der Waals surface area contributed by atoms with E-state index in [9.17, 15) is 4.79 Å². The number of benzene rings is 1. The van der Waals surface area contributed by atoms with Crippen LogP contribution in [0.2, 0.25) is 0 Å². The van der Waals surface area contributed by atoms with Crippen LogP contribution in [0.25, 0.3) is 0 Å². The van der Waals surface area contributed by atoms with Gasteiger partial charge in [0.2, 0.25) is 0 Å². The topological polar surface area (TPSA) is 61.3 Å². The van der Waals surface area contributed by atoms with Crippen LogP contribution in [0.5, 0.6) is 0 Å². The van der Waals surface area contributed by atoms with Gasteiger partial charge < -0.3 is 9.47 Å². The SMILES string of the molecule is CCOC(=O)CC(C=CCCCCCOCc1ccccc1)c1cnc(C)nc1. The average Bonchev–Trinajstić information content (AvgIpc) is 2.73. The summed E-state index contributed by atoms with van der Waals surface area (Å²) >= 11 is 0. The summed E-state index contributed by atoms with van der Waals surface area (Å²) in [5.74, 6) is 0.476. The van der Waals surface area contributed by atoms with E-state index >= 15 is 0 Å². The maximum atomic E-state index is 11.9. The van der Waals surface area contributed by atoms with Crippen LogP contribution in [0, 0.1) is 6.92 Å². The minimum atomic E-state index is -0.196. The first-order valence-electron chi connectivity index (χ1n) is 10.4. The van der Waals surface area contributed by atoms with Crippen molar-refractivity contribution in [2.75, 3.05) is 13.2 Å². The van der Waals surface area contributed by atoms with Crippen molar-refractivity contribution in [1.82, 2.24) is 9.97 Å². The van der Waals surface area contributed by atoms with Gasteiger partial charge in [-0.15, -0.1) is 0 Å². The Morgan fingerprint density at radius 2 is 1.86 bits per heavy atom. The summed E-state index contributed by atoms with van der Waals surface area (Å²) in [5, 5.41) is 0. The molecule has 0 saturated carbocycles. The van der Waals surface area contributed by atoms with Crippen LogP contribution >= 0.6 is 0 Å². The van der Waals surface area contributed by atoms with E-state index in [2.05, 4.69) is 34.3 Å². The van der Waals surface area contributed by atoms with Gasteiger partial charge in [-0.2, -0.15) is 0 Å². The molecule has 0 N–H and O–H groups in total. The predicted molar refractivity (Wildman–Crippen MR) is 114 cm³/mol. The largest absolute Gasteiger partial charge is 0.466 e. The Morgan fingerprint density at radius 1 is 1.10 bits per heavy atom. The Kier molecular flexibility index (Phi) is 10.7. The lowest BCUT2D eigenvalue weighted by Crippen LogP contribution is -2.10. The van der Waals surface area contributed by atoms with Gasteiger partial charge in [0.1, 0.15) is 5.82 Å². The van der Waals surface area contributed by atoms with Gasteiger partial charge in [0.05, 0.1) is 19.6 Å². The molecule has 1 unspecified atom stereocenters. The van der Waals surface area contributed by atoms with Crippen molar-refractivity contribution in [3.8, 4) is 0 Å². The van der Waals surface area contributed by atoms with E-state index in [0.717, 1.165) is 43.7 Å². The highest BCUT2D eigenvalue weighted by molar-refractivity contribution is 5.70. The molecule has 0 radical (unpaired) electrons. The van der Waals surface area contributed by atoms with Gasteiger partial charge in [-0.1, -0.05) is 48.9 Å². The molecule has 0 aliphatic heterocycles. The minimum absolute atomic E-state index is 0.0520. The molecule has 0 fully saturated rings. The van der Waals surface area contributed by atoms with Crippen LogP contribution < -0.4 is 0 Å². The van der Waals surface area contributed by atoms with Crippen LogP contribution in [0.15, 0.2) is 54.9 Å². The minimum Gasteiger partial charge on any atom is -0.466 e. The fraction of sp³-hybridized carbons (Fsp3) is 0.458. The highest BCUT2D eigenvalue weighted by atomic mass is 16.5. The molecule has 29 heavy (non-hydrogen) atoms. The number of allylic oxidation sites excluding steroid dienone is 2. The Labute approximate surface area is 174 Å². The summed E-state index contributed by atoms with van der Waals surface area (Å²) in [4.78, 5) is 20.4. The number of hydrogen-bond acceptors (Lipinski definition) is 5. The first kappa shape index (κ1) is 22.8. The second kappa shape index (κ2) is 13.6. The van der Waals surface area contributed by atoms with E-state index in [4.69, 9.17) is 9.47 Å². The summed E-state index contributed by atoms with van der Waals surface area (Å²) in [6, 6.07) is 10.2. The van der Waals surface area contributed by atoms with Gasteiger partial charge in [-0.3, -0.25) is 4.79 Å². The second-order valence-electron chi connectivity index (χ2n) is 6.99. The molecule has 1 atom stereocenters. The zero-order chi connectivity index (χ0) is 20.7. The van der Waals surface area contributed by atoms with E-state index < -0.39 is 0 Å². The Hall–Kier alpha value is -2.53. The number of rotatable bonds is 13. The third-order valence-corrected chi connectivity index (χ3v) is 4.56. The molecule has 0 aliphatic rings. The van der Waals surface area contributed by atoms with Crippen molar-refractivity contribution in [1.29, 1.82) is 0 Å². The average molecular weight is 397 g/mol. The Morgan fingerprint density at radius 3 is 2.59 bits per heavy atom. The number of nitrogens with zero attached hydrogens (tertiary/aromatic N) is 2. The lowest BCUT2D eigenvalue weighted by molar-refractivity contribution is -0.143. The lowest BCUT2D eigenvalue weighted by atomic mass is 9.97. The lowest BCUT2D eigenvalue weighted by Gasteiger charge is -2.12. The molecule has 5 heteroatoms. The predicted octanol–water partition coefficient (Wildman–Crippen LogP) is 5.16. The molecule has 0 aliphatic carbocycles. The van der Waals surface area contributed by atoms with E-state index in [1.54, 1.807) is 12.4 Å². The van der Waals surface area contributed by atoms with Crippen molar-refractivity contribution in [2.24, 2.45) is 0 Å². The first-order chi connectivity index (χ1) is 14.2. The quantitative estimate of drug-likeness (QED) is 0.266. The monoisotopic (exact) mass is 396 g/mol. The van der Waals surface area contributed by atoms with Gasteiger partial charge in [-0.25, -0.2) is 9.97 Å². The summed E-state index contributed by atoms with van der Waals surface area (Å²) in [6.07, 6.45) is 12.4. The van der Waals surface area contributed by atoms with Gasteiger partial charge in [0, 0.05) is 24.9 Å². The fourth-order valence-electron chi connectivity index (χ4n) is 2.96. The number of esters is 1. The standard InChI is InChI=1S/C24H32N2O3/c1-3-29-24(27)16-22(23-17-25-20(2)26-18-23)14-10-5-4-6-11-15-28-19-21-12-8-7-9-13-21/h7-10,12-14,17-18,22H,3-6,11,15-16,19H2,1-2H3. The van der Waals surface area contributed by atoms with Crippen LogP contribution in [-0.2, 0) is 20.9 Å². The Balaban J connectivity index is 1.68. The van der Waals surface area contributed by atoms with E-state index in [1.807, 2.05) is 32.0 Å². The molecule has 0 amide bonds. The molecular formula is C24H32N2O3. The number of carbonyl (C=O) groups excluding carboxylic acids is 1. The molecule has 156 valence electrons. The highest BCUT2D eigenvalue weighted by Gasteiger charge is 2.15. The number of ether oxygens (including phenoxy) is 2. The summed E-state index contributed by atoms with van der Waals surface area (Å²) < 4.78 is 10.8. The third kappa shape index (κ3) is 9.48. The molecule has 0 saturated heterocycles. The summed E-state index contributed by atoms with van der Waals surface area (Å²) in [7, 11) is 0. The molecule has 0 spiro atoms. The Bertz CT molecular complexity index is 730. The van der Waals surface area contributed by atoms with Crippen LogP contribution in [0.3, 0.4) is 0 Å². The molecule has 0 bridgehead atoms. The fourth-order valence-corrected chi connectivity index (χ4v) is 2.96. The van der Waals surface area contributed by atoms with E-state index in [1.165, 1.54) is 5.56 Å². The molecule has 1 aromatic carbocycles. The highest BCUT2D eigenvalue weighted by Crippen LogP contribution is 2.21. The number of unbranched alkanes of at least 4 members (excludes halogenated alkanes) is 3. The molecule has 1 heterocycles.